The molecule has 0 amide bonds. The van der Waals surface area contributed by atoms with Crippen LogP contribution < -0.4 is 0 Å². The second-order valence-electron chi connectivity index (χ2n) is 8.39. The van der Waals surface area contributed by atoms with Crippen molar-refractivity contribution < 1.29 is 9.90 Å². The predicted molar refractivity (Wildman–Crippen MR) is 115 cm³/mol. The van der Waals surface area contributed by atoms with Crippen LogP contribution in [0.3, 0.4) is 0 Å². The minimum atomic E-state index is -0.550. The van der Waals surface area contributed by atoms with E-state index in [-0.39, 0.29) is 5.92 Å². The molecule has 0 spiro atoms. The first-order valence-electron chi connectivity index (χ1n) is 11.9. The molecule has 0 fully saturated rings. The van der Waals surface area contributed by atoms with Gasteiger partial charge in [-0.3, -0.25) is 4.79 Å². The summed E-state index contributed by atoms with van der Waals surface area (Å²) in [6.45, 7) is 6.74. The van der Waals surface area contributed by atoms with Crippen molar-refractivity contribution in [1.82, 2.24) is 0 Å². The van der Waals surface area contributed by atoms with E-state index in [4.69, 9.17) is 0 Å². The lowest BCUT2D eigenvalue weighted by molar-refractivity contribution is -0.142. The normalized spacial score (nSPS) is 12.6. The van der Waals surface area contributed by atoms with Crippen LogP contribution in [-0.2, 0) is 4.79 Å². The average molecular weight is 369 g/mol. The summed E-state index contributed by atoms with van der Waals surface area (Å²) < 4.78 is 0. The Morgan fingerprint density at radius 3 is 1.46 bits per heavy atom. The van der Waals surface area contributed by atoms with Crippen molar-refractivity contribution in [3.63, 3.8) is 0 Å². The molecule has 156 valence electrons. The lowest BCUT2D eigenvalue weighted by Gasteiger charge is -2.21. The smallest absolute Gasteiger partial charge is 0.306 e. The maximum atomic E-state index is 11.8. The summed E-state index contributed by atoms with van der Waals surface area (Å²) in [4.78, 5) is 11.8. The quantitative estimate of drug-likeness (QED) is 0.219. The third kappa shape index (κ3) is 15.7. The minimum Gasteiger partial charge on any atom is -0.481 e. The summed E-state index contributed by atoms with van der Waals surface area (Å²) in [6, 6.07) is 0. The first kappa shape index (κ1) is 25.5. The van der Waals surface area contributed by atoms with Gasteiger partial charge < -0.3 is 5.11 Å². The Labute approximate surface area is 164 Å². The molecule has 0 radical (unpaired) electrons. The SMILES string of the molecule is CCCCCCCCC(CC(CCCCCC)CCCCCC)C(=O)O. The van der Waals surface area contributed by atoms with Gasteiger partial charge in [-0.25, -0.2) is 0 Å². The van der Waals surface area contributed by atoms with Crippen LogP contribution in [0.4, 0.5) is 0 Å². The standard InChI is InChI=1S/C24H48O2/c1-4-7-10-13-14-17-20-23(24(25)26)21-22(18-15-11-8-5-2)19-16-12-9-6-3/h22-23H,4-21H2,1-3H3,(H,25,26). The highest BCUT2D eigenvalue weighted by atomic mass is 16.4. The Hall–Kier alpha value is -0.530. The van der Waals surface area contributed by atoms with Gasteiger partial charge in [-0.05, 0) is 18.8 Å². The molecule has 0 saturated heterocycles. The summed E-state index contributed by atoms with van der Waals surface area (Å²) in [5.74, 6) is -0.0286. The molecule has 0 aromatic rings. The number of hydrogen-bond donors (Lipinski definition) is 1. The number of aliphatic carboxylic acids is 1. The van der Waals surface area contributed by atoms with E-state index < -0.39 is 5.97 Å². The van der Waals surface area contributed by atoms with E-state index >= 15 is 0 Å². The van der Waals surface area contributed by atoms with Gasteiger partial charge in [0.05, 0.1) is 5.92 Å². The third-order valence-corrected chi connectivity index (χ3v) is 5.81. The lowest BCUT2D eigenvalue weighted by Crippen LogP contribution is -2.18. The first-order chi connectivity index (χ1) is 12.7. The zero-order valence-corrected chi connectivity index (χ0v) is 18.2. The average Bonchev–Trinajstić information content (AvgIpc) is 2.63. The highest BCUT2D eigenvalue weighted by Crippen LogP contribution is 2.28. The molecule has 0 aromatic carbocycles. The van der Waals surface area contributed by atoms with Crippen LogP contribution in [-0.4, -0.2) is 11.1 Å². The van der Waals surface area contributed by atoms with Crippen LogP contribution >= 0.6 is 0 Å². The molecular weight excluding hydrogens is 320 g/mol. The van der Waals surface area contributed by atoms with Crippen molar-refractivity contribution in [1.29, 1.82) is 0 Å². The Balaban J connectivity index is 4.28. The van der Waals surface area contributed by atoms with E-state index in [9.17, 15) is 9.90 Å². The van der Waals surface area contributed by atoms with Crippen LogP contribution in [0.1, 0.15) is 136 Å². The fourth-order valence-electron chi connectivity index (χ4n) is 4.02. The maximum absolute atomic E-state index is 11.8. The first-order valence-corrected chi connectivity index (χ1v) is 11.9. The number of carbonyl (C=O) groups is 1. The van der Waals surface area contributed by atoms with Crippen LogP contribution in [0.25, 0.3) is 0 Å². The van der Waals surface area contributed by atoms with Gasteiger partial charge >= 0.3 is 5.97 Å². The van der Waals surface area contributed by atoms with Crippen molar-refractivity contribution in [3.8, 4) is 0 Å². The maximum Gasteiger partial charge on any atom is 0.306 e. The van der Waals surface area contributed by atoms with Crippen LogP contribution in [0.15, 0.2) is 0 Å². The van der Waals surface area contributed by atoms with Crippen LogP contribution in [0.5, 0.6) is 0 Å². The Morgan fingerprint density at radius 2 is 1.00 bits per heavy atom. The molecule has 0 aromatic heterocycles. The predicted octanol–water partition coefficient (Wildman–Crippen LogP) is 8.38. The van der Waals surface area contributed by atoms with Gasteiger partial charge in [0.25, 0.3) is 0 Å². The third-order valence-electron chi connectivity index (χ3n) is 5.81. The Morgan fingerprint density at radius 1 is 0.615 bits per heavy atom. The molecule has 0 heterocycles. The molecule has 2 heteroatoms. The van der Waals surface area contributed by atoms with E-state index in [1.54, 1.807) is 0 Å². The monoisotopic (exact) mass is 368 g/mol. The molecule has 0 bridgehead atoms. The van der Waals surface area contributed by atoms with E-state index in [1.165, 1.54) is 96.3 Å². The second kappa shape index (κ2) is 19.2. The Bertz CT molecular complexity index is 289. The van der Waals surface area contributed by atoms with E-state index in [0.29, 0.717) is 5.92 Å². The van der Waals surface area contributed by atoms with Gasteiger partial charge in [-0.2, -0.15) is 0 Å². The molecule has 1 atom stereocenters. The van der Waals surface area contributed by atoms with Crippen LogP contribution in [0.2, 0.25) is 0 Å². The fourth-order valence-corrected chi connectivity index (χ4v) is 4.02. The van der Waals surface area contributed by atoms with Gasteiger partial charge in [-0.15, -0.1) is 0 Å². The Kier molecular flexibility index (Phi) is 18.8. The number of unbranched alkanes of at least 4 members (excludes halogenated alkanes) is 11. The van der Waals surface area contributed by atoms with Gasteiger partial charge in [0.15, 0.2) is 0 Å². The number of carboxylic acid groups (broad SMARTS) is 1. The summed E-state index contributed by atoms with van der Waals surface area (Å²) in [5.41, 5.74) is 0. The molecule has 0 aliphatic heterocycles. The van der Waals surface area contributed by atoms with Crippen molar-refractivity contribution in [2.45, 2.75) is 136 Å². The van der Waals surface area contributed by atoms with E-state index in [0.717, 1.165) is 19.3 Å². The summed E-state index contributed by atoms with van der Waals surface area (Å²) >= 11 is 0. The van der Waals surface area contributed by atoms with Gasteiger partial charge in [0.1, 0.15) is 0 Å². The molecule has 1 unspecified atom stereocenters. The van der Waals surface area contributed by atoms with Crippen molar-refractivity contribution >= 4 is 5.97 Å². The second-order valence-corrected chi connectivity index (χ2v) is 8.39. The summed E-state index contributed by atoms with van der Waals surface area (Å²) in [6.07, 6.45) is 22.2. The van der Waals surface area contributed by atoms with Gasteiger partial charge in [-0.1, -0.05) is 124 Å². The summed E-state index contributed by atoms with van der Waals surface area (Å²) in [7, 11) is 0. The number of rotatable bonds is 20. The number of carboxylic acids is 1. The molecule has 0 rings (SSSR count). The summed E-state index contributed by atoms with van der Waals surface area (Å²) in [5, 5.41) is 9.68. The molecular formula is C24H48O2. The van der Waals surface area contributed by atoms with E-state index in [2.05, 4.69) is 20.8 Å². The van der Waals surface area contributed by atoms with Gasteiger partial charge in [0.2, 0.25) is 0 Å². The van der Waals surface area contributed by atoms with E-state index in [1.807, 2.05) is 0 Å². The lowest BCUT2D eigenvalue weighted by atomic mass is 9.84. The molecule has 2 nitrogen and oxygen atoms in total. The fraction of sp³-hybridized carbons (Fsp3) is 0.958. The highest BCUT2D eigenvalue weighted by molar-refractivity contribution is 5.69. The number of hydrogen-bond acceptors (Lipinski definition) is 1. The largest absolute Gasteiger partial charge is 0.481 e. The van der Waals surface area contributed by atoms with Crippen molar-refractivity contribution in [3.05, 3.63) is 0 Å². The molecule has 1 N–H and O–H groups in total. The van der Waals surface area contributed by atoms with Crippen molar-refractivity contribution in [2.75, 3.05) is 0 Å². The molecule has 0 aliphatic carbocycles. The molecule has 0 aliphatic rings. The zero-order valence-electron chi connectivity index (χ0n) is 18.2. The molecule has 26 heavy (non-hydrogen) atoms. The topological polar surface area (TPSA) is 37.3 Å². The zero-order chi connectivity index (χ0) is 19.5. The van der Waals surface area contributed by atoms with Gasteiger partial charge in [0, 0.05) is 0 Å². The minimum absolute atomic E-state index is 0.108. The van der Waals surface area contributed by atoms with Crippen molar-refractivity contribution in [2.24, 2.45) is 11.8 Å². The highest BCUT2D eigenvalue weighted by Gasteiger charge is 2.22. The van der Waals surface area contributed by atoms with Crippen LogP contribution in [0, 0.1) is 11.8 Å². The molecule has 0 saturated carbocycles.